The van der Waals surface area contributed by atoms with Crippen molar-refractivity contribution in [2.75, 3.05) is 0 Å². The Hall–Kier alpha value is -3.66. The number of nitrogens with zero attached hydrogens (tertiary/aromatic N) is 4. The molecule has 0 spiro atoms. The summed E-state index contributed by atoms with van der Waals surface area (Å²) in [6, 6.07) is 12.5. The molecule has 0 saturated carbocycles. The van der Waals surface area contributed by atoms with E-state index in [1.165, 1.54) is 30.6 Å². The minimum absolute atomic E-state index is 0.244. The van der Waals surface area contributed by atoms with E-state index in [-0.39, 0.29) is 11.9 Å². The van der Waals surface area contributed by atoms with Crippen LogP contribution in [0.1, 0.15) is 29.2 Å². The third-order valence-corrected chi connectivity index (χ3v) is 4.86. The third kappa shape index (κ3) is 2.89. The second-order valence-electron chi connectivity index (χ2n) is 6.54. The number of rotatable bonds is 3. The van der Waals surface area contributed by atoms with E-state index in [0.717, 1.165) is 5.56 Å². The molecule has 0 saturated heterocycles. The van der Waals surface area contributed by atoms with Crippen LogP contribution in [0.5, 0.6) is 0 Å². The molecule has 0 fully saturated rings. The number of amidine groups is 1. The van der Waals surface area contributed by atoms with E-state index in [4.69, 9.17) is 10.3 Å². The quantitative estimate of drug-likeness (QED) is 0.713. The molecule has 2 aromatic heterocycles. The zero-order chi connectivity index (χ0) is 19.7. The van der Waals surface area contributed by atoms with Crippen molar-refractivity contribution in [1.29, 1.82) is 5.26 Å². The van der Waals surface area contributed by atoms with Crippen molar-refractivity contribution in [3.8, 4) is 6.07 Å². The summed E-state index contributed by atoms with van der Waals surface area (Å²) in [4.78, 5) is 12.8. The van der Waals surface area contributed by atoms with E-state index in [9.17, 15) is 8.78 Å². The van der Waals surface area contributed by atoms with Gasteiger partial charge in [-0.2, -0.15) is 9.65 Å². The van der Waals surface area contributed by atoms with Crippen LogP contribution in [-0.2, 0) is 5.54 Å². The standard InChI is InChI=1S/C21H15F2N5/c1-13-21(16-2-5-18(22)6-3-16,17-4-7-19(23)26-12-17)28-20(27-13)15-8-14(9-24)10-25-11-15/h2-8,10-13H,1H3,(H,27,28)/t13-,21?/m0/s1. The van der Waals surface area contributed by atoms with Crippen molar-refractivity contribution in [2.45, 2.75) is 18.5 Å². The molecular formula is C21H15F2N5. The molecule has 5 nitrogen and oxygen atoms in total. The van der Waals surface area contributed by atoms with E-state index in [1.807, 2.05) is 6.92 Å². The highest BCUT2D eigenvalue weighted by molar-refractivity contribution is 6.01. The van der Waals surface area contributed by atoms with Gasteiger partial charge in [0.25, 0.3) is 0 Å². The first-order valence-electron chi connectivity index (χ1n) is 8.63. The van der Waals surface area contributed by atoms with Crippen LogP contribution >= 0.6 is 0 Å². The summed E-state index contributed by atoms with van der Waals surface area (Å²) >= 11 is 0. The van der Waals surface area contributed by atoms with Crippen LogP contribution in [0, 0.1) is 23.1 Å². The summed E-state index contributed by atoms with van der Waals surface area (Å²) in [6.07, 6.45) is 4.52. The fourth-order valence-corrected chi connectivity index (χ4v) is 3.49. The Labute approximate surface area is 160 Å². The maximum absolute atomic E-state index is 13.5. The van der Waals surface area contributed by atoms with Crippen molar-refractivity contribution >= 4 is 5.84 Å². The molecule has 1 N–H and O–H groups in total. The summed E-state index contributed by atoms with van der Waals surface area (Å²) in [5.74, 6) is -0.401. The lowest BCUT2D eigenvalue weighted by molar-refractivity contribution is 0.449. The molecule has 0 radical (unpaired) electrons. The number of hydrogen-bond donors (Lipinski definition) is 1. The van der Waals surface area contributed by atoms with Gasteiger partial charge >= 0.3 is 0 Å². The largest absolute Gasteiger partial charge is 0.364 e. The molecule has 3 aromatic rings. The van der Waals surface area contributed by atoms with Crippen molar-refractivity contribution < 1.29 is 8.78 Å². The maximum Gasteiger partial charge on any atom is 0.212 e. The minimum Gasteiger partial charge on any atom is -0.364 e. The first kappa shape index (κ1) is 17.7. The second kappa shape index (κ2) is 6.82. The summed E-state index contributed by atoms with van der Waals surface area (Å²) in [6.45, 7) is 1.94. The van der Waals surface area contributed by atoms with Gasteiger partial charge in [0.1, 0.15) is 23.3 Å². The molecule has 4 rings (SSSR count). The molecule has 7 heteroatoms. The SMILES string of the molecule is C[C@@H]1NC(c2cncc(C#N)c2)=NC1(c1ccc(F)cc1)c1ccc(F)nc1. The van der Waals surface area contributed by atoms with Gasteiger partial charge in [-0.25, -0.2) is 14.4 Å². The number of nitrogens with one attached hydrogen (secondary N) is 1. The summed E-state index contributed by atoms with van der Waals surface area (Å²) in [5, 5.41) is 12.5. The lowest BCUT2D eigenvalue weighted by atomic mass is 9.79. The molecule has 3 heterocycles. The van der Waals surface area contributed by atoms with E-state index in [0.29, 0.717) is 22.5 Å². The molecule has 28 heavy (non-hydrogen) atoms. The molecule has 0 bridgehead atoms. The molecule has 138 valence electrons. The zero-order valence-electron chi connectivity index (χ0n) is 14.9. The fourth-order valence-electron chi connectivity index (χ4n) is 3.49. The Morgan fingerprint density at radius 3 is 2.46 bits per heavy atom. The molecular weight excluding hydrogens is 360 g/mol. The minimum atomic E-state index is -0.938. The Morgan fingerprint density at radius 1 is 1.04 bits per heavy atom. The van der Waals surface area contributed by atoms with Crippen molar-refractivity contribution in [3.63, 3.8) is 0 Å². The number of aliphatic imine (C=N–C) groups is 1. The molecule has 1 aliphatic rings. The Balaban J connectivity index is 1.92. The van der Waals surface area contributed by atoms with Gasteiger partial charge in [-0.15, -0.1) is 0 Å². The summed E-state index contributed by atoms with van der Waals surface area (Å²) < 4.78 is 26.9. The highest BCUT2D eigenvalue weighted by Gasteiger charge is 2.45. The summed E-state index contributed by atoms with van der Waals surface area (Å²) in [5.41, 5.74) is 1.54. The Morgan fingerprint density at radius 2 is 1.79 bits per heavy atom. The highest BCUT2D eigenvalue weighted by Crippen LogP contribution is 2.40. The van der Waals surface area contributed by atoms with Gasteiger partial charge in [0.15, 0.2) is 0 Å². The topological polar surface area (TPSA) is 74.0 Å². The van der Waals surface area contributed by atoms with Gasteiger partial charge in [-0.05, 0) is 36.8 Å². The van der Waals surface area contributed by atoms with Gasteiger partial charge < -0.3 is 5.32 Å². The number of pyridine rings is 2. The average molecular weight is 375 g/mol. The van der Waals surface area contributed by atoms with E-state index in [2.05, 4.69) is 21.4 Å². The van der Waals surface area contributed by atoms with Crippen LogP contribution in [0.4, 0.5) is 8.78 Å². The monoisotopic (exact) mass is 375 g/mol. The molecule has 1 unspecified atom stereocenters. The smallest absolute Gasteiger partial charge is 0.212 e. The number of aromatic nitrogens is 2. The van der Waals surface area contributed by atoms with Crippen LogP contribution in [-0.4, -0.2) is 21.8 Å². The number of benzene rings is 1. The van der Waals surface area contributed by atoms with Crippen LogP contribution in [0.25, 0.3) is 0 Å². The third-order valence-electron chi connectivity index (χ3n) is 4.86. The normalized spacial score (nSPS) is 20.9. The Bertz CT molecular complexity index is 1040. The average Bonchev–Trinajstić information content (AvgIpc) is 3.07. The molecule has 0 amide bonds. The van der Waals surface area contributed by atoms with E-state index in [1.54, 1.807) is 30.5 Å². The first-order chi connectivity index (χ1) is 13.5. The van der Waals surface area contributed by atoms with Gasteiger partial charge in [-0.3, -0.25) is 4.98 Å². The van der Waals surface area contributed by atoms with Gasteiger partial charge in [0.05, 0.1) is 11.6 Å². The molecule has 1 aliphatic heterocycles. The van der Waals surface area contributed by atoms with Gasteiger partial charge in [0.2, 0.25) is 5.95 Å². The number of nitriles is 1. The predicted octanol–water partition coefficient (Wildman–Crippen LogP) is 3.31. The lowest BCUT2D eigenvalue weighted by Gasteiger charge is -2.31. The number of halogens is 2. The first-order valence-corrected chi connectivity index (χ1v) is 8.63. The maximum atomic E-state index is 13.5. The second-order valence-corrected chi connectivity index (χ2v) is 6.54. The van der Waals surface area contributed by atoms with Crippen molar-refractivity contribution in [3.05, 3.63) is 95.1 Å². The fraction of sp³-hybridized carbons (Fsp3) is 0.143. The van der Waals surface area contributed by atoms with Gasteiger partial charge in [-0.1, -0.05) is 18.2 Å². The molecule has 1 aromatic carbocycles. The Kier molecular flexibility index (Phi) is 4.32. The van der Waals surface area contributed by atoms with Crippen LogP contribution < -0.4 is 5.32 Å². The number of hydrogen-bond acceptors (Lipinski definition) is 5. The summed E-state index contributed by atoms with van der Waals surface area (Å²) in [7, 11) is 0. The zero-order valence-corrected chi connectivity index (χ0v) is 14.9. The lowest BCUT2D eigenvalue weighted by Crippen LogP contribution is -2.41. The van der Waals surface area contributed by atoms with Crippen LogP contribution in [0.15, 0.2) is 66.0 Å². The van der Waals surface area contributed by atoms with Crippen molar-refractivity contribution in [2.24, 2.45) is 4.99 Å². The van der Waals surface area contributed by atoms with Gasteiger partial charge in [0, 0.05) is 29.7 Å². The van der Waals surface area contributed by atoms with E-state index < -0.39 is 11.5 Å². The van der Waals surface area contributed by atoms with E-state index >= 15 is 0 Å². The van der Waals surface area contributed by atoms with Crippen LogP contribution in [0.3, 0.4) is 0 Å². The predicted molar refractivity (Wildman–Crippen MR) is 99.5 cm³/mol. The molecule has 2 atom stereocenters. The van der Waals surface area contributed by atoms with Crippen LogP contribution in [0.2, 0.25) is 0 Å². The highest BCUT2D eigenvalue weighted by atomic mass is 19.1. The van der Waals surface area contributed by atoms with Crippen molar-refractivity contribution in [1.82, 2.24) is 15.3 Å². The molecule has 0 aliphatic carbocycles.